The molecule has 13 heteroatoms. The monoisotopic (exact) mass is 1200 g/mol. The van der Waals surface area contributed by atoms with Crippen molar-refractivity contribution in [2.75, 3.05) is 19.8 Å². The maximum absolute atomic E-state index is 15.2. The zero-order valence-corrected chi connectivity index (χ0v) is 53.4. The van der Waals surface area contributed by atoms with Gasteiger partial charge in [0, 0.05) is 58.1 Å². The number of nitrogens with zero attached hydrogens (tertiary/aromatic N) is 4. The van der Waals surface area contributed by atoms with Gasteiger partial charge in [0.2, 0.25) is 0 Å². The van der Waals surface area contributed by atoms with Crippen LogP contribution in [0.1, 0.15) is 126 Å². The molecular weight excluding hydrogens is 1120 g/mol. The van der Waals surface area contributed by atoms with E-state index in [1.165, 1.54) is 51.4 Å². The van der Waals surface area contributed by atoms with Crippen LogP contribution >= 0.6 is 0 Å². The lowest BCUT2D eigenvalue weighted by Crippen LogP contribution is -2.41. The molecule has 11 rings (SSSR count). The number of aryl methyl sites for hydroxylation is 2. The highest BCUT2D eigenvalue weighted by molar-refractivity contribution is 6.62. The van der Waals surface area contributed by atoms with Crippen molar-refractivity contribution < 1.29 is 36.7 Å². The molecule has 0 N–H and O–H groups in total. The SMILES string of the molecule is CCCCCCOc1ccccc1-c1ccc(-c2nn(C)c3ccccc23)c(F)c1.CCCCCCOc1ccccc1-c1ccc(-c2nn(C)c3ccccc23)c(F)c1.CCCCCCOc1ccccc1-c1ccc(B2OC(C)(C)C(C)(C)O2)c(F)c1. The second-order valence-electron chi connectivity index (χ2n) is 23.9. The molecule has 1 fully saturated rings. The molecule has 1 aliphatic heterocycles. The number of halogens is 3. The van der Waals surface area contributed by atoms with E-state index >= 15 is 13.2 Å². The van der Waals surface area contributed by atoms with E-state index in [9.17, 15) is 0 Å². The van der Waals surface area contributed by atoms with Crippen LogP contribution in [0.3, 0.4) is 0 Å². The van der Waals surface area contributed by atoms with Crippen LogP contribution in [0.4, 0.5) is 13.2 Å². The van der Waals surface area contributed by atoms with Crippen molar-refractivity contribution in [3.63, 3.8) is 0 Å². The van der Waals surface area contributed by atoms with Crippen LogP contribution in [0.5, 0.6) is 17.2 Å². The van der Waals surface area contributed by atoms with Gasteiger partial charge in [-0.05, 0) is 124 Å². The van der Waals surface area contributed by atoms with Crippen LogP contribution in [0.15, 0.2) is 176 Å². The molecule has 0 amide bonds. The van der Waals surface area contributed by atoms with Crippen molar-refractivity contribution in [1.29, 1.82) is 0 Å². The summed E-state index contributed by atoms with van der Waals surface area (Å²) in [7, 11) is 3.05. The van der Waals surface area contributed by atoms with E-state index < -0.39 is 18.3 Å². The molecule has 9 nitrogen and oxygen atoms in total. The fourth-order valence-electron chi connectivity index (χ4n) is 11.1. The lowest BCUT2D eigenvalue weighted by atomic mass is 9.78. The Bertz CT molecular complexity index is 3730. The Hall–Kier alpha value is -8.13. The molecule has 0 bridgehead atoms. The van der Waals surface area contributed by atoms with E-state index in [2.05, 4.69) is 31.0 Å². The molecule has 0 atom stereocenters. The molecule has 3 heterocycles. The highest BCUT2D eigenvalue weighted by atomic mass is 19.1. The third kappa shape index (κ3) is 16.0. The first-order valence-electron chi connectivity index (χ1n) is 31.9. The lowest BCUT2D eigenvalue weighted by molar-refractivity contribution is 0.00578. The fraction of sp³-hybridized carbons (Fsp3) is 0.342. The predicted octanol–water partition coefficient (Wildman–Crippen LogP) is 19.8. The molecule has 0 radical (unpaired) electrons. The fourth-order valence-corrected chi connectivity index (χ4v) is 11.1. The van der Waals surface area contributed by atoms with E-state index in [0.29, 0.717) is 47.8 Å². The summed E-state index contributed by atoms with van der Waals surface area (Å²) in [5, 5.41) is 11.0. The number of para-hydroxylation sites is 5. The predicted molar refractivity (Wildman–Crippen MR) is 360 cm³/mol. The van der Waals surface area contributed by atoms with Gasteiger partial charge in [0.05, 0.1) is 42.1 Å². The van der Waals surface area contributed by atoms with Crippen LogP contribution in [-0.2, 0) is 23.4 Å². The molecule has 0 spiro atoms. The Morgan fingerprint density at radius 1 is 0.393 bits per heavy atom. The van der Waals surface area contributed by atoms with Crippen molar-refractivity contribution >= 4 is 34.4 Å². The van der Waals surface area contributed by atoms with Crippen molar-refractivity contribution in [2.45, 2.75) is 137 Å². The first-order valence-corrected chi connectivity index (χ1v) is 31.9. The number of hydrogen-bond acceptors (Lipinski definition) is 7. The van der Waals surface area contributed by atoms with Crippen molar-refractivity contribution in [1.82, 2.24) is 19.6 Å². The Labute approximate surface area is 525 Å². The summed E-state index contributed by atoms with van der Waals surface area (Å²) >= 11 is 0. The number of unbranched alkanes of at least 4 members (excludes halogenated alkanes) is 9. The molecule has 0 saturated carbocycles. The summed E-state index contributed by atoms with van der Waals surface area (Å²) in [5.74, 6) is 1.47. The number of rotatable bonds is 24. The third-order valence-corrected chi connectivity index (χ3v) is 16.8. The molecule has 10 aromatic rings. The smallest absolute Gasteiger partial charge is 0.493 e. The first-order chi connectivity index (χ1) is 43.1. The average Bonchev–Trinajstić information content (AvgIpc) is 2.72. The summed E-state index contributed by atoms with van der Waals surface area (Å²) in [6.07, 6.45) is 13.8. The van der Waals surface area contributed by atoms with Crippen molar-refractivity contribution in [3.8, 4) is 73.1 Å². The van der Waals surface area contributed by atoms with Gasteiger partial charge in [-0.3, -0.25) is 9.36 Å². The van der Waals surface area contributed by atoms with Gasteiger partial charge in [0.1, 0.15) is 46.1 Å². The Morgan fingerprint density at radius 3 is 1.09 bits per heavy atom. The summed E-state index contributed by atoms with van der Waals surface area (Å²) in [5.41, 5.74) is 8.84. The highest BCUT2D eigenvalue weighted by Crippen LogP contribution is 2.40. The lowest BCUT2D eigenvalue weighted by Gasteiger charge is -2.32. The summed E-state index contributed by atoms with van der Waals surface area (Å²) in [6, 6.07) is 55.1. The topological polar surface area (TPSA) is 81.8 Å². The summed E-state index contributed by atoms with van der Waals surface area (Å²) < 4.78 is 79.0. The van der Waals surface area contributed by atoms with E-state index in [-0.39, 0.29) is 17.5 Å². The van der Waals surface area contributed by atoms with Gasteiger partial charge in [0.15, 0.2) is 0 Å². The van der Waals surface area contributed by atoms with Gasteiger partial charge in [-0.25, -0.2) is 13.2 Å². The molecule has 8 aromatic carbocycles. The van der Waals surface area contributed by atoms with Crippen LogP contribution in [0.25, 0.3) is 77.7 Å². The van der Waals surface area contributed by atoms with E-state index in [0.717, 1.165) is 98.1 Å². The van der Waals surface area contributed by atoms with Gasteiger partial charge in [-0.15, -0.1) is 0 Å². The largest absolute Gasteiger partial charge is 0.497 e. The van der Waals surface area contributed by atoms with Gasteiger partial charge in [-0.1, -0.05) is 194 Å². The third-order valence-electron chi connectivity index (χ3n) is 16.8. The Balaban J connectivity index is 0.000000159. The minimum atomic E-state index is -0.709. The van der Waals surface area contributed by atoms with E-state index in [1.807, 2.05) is 193 Å². The zero-order chi connectivity index (χ0) is 62.9. The van der Waals surface area contributed by atoms with Crippen molar-refractivity contribution in [3.05, 3.63) is 193 Å². The van der Waals surface area contributed by atoms with Gasteiger partial charge >= 0.3 is 7.12 Å². The number of benzene rings is 8. The van der Waals surface area contributed by atoms with Crippen LogP contribution in [-0.4, -0.2) is 57.7 Å². The maximum atomic E-state index is 15.2. The number of aromatic nitrogens is 4. The molecule has 2 aromatic heterocycles. The number of ether oxygens (including phenoxy) is 3. The minimum Gasteiger partial charge on any atom is -0.493 e. The quantitative estimate of drug-likeness (QED) is 0.0440. The summed E-state index contributed by atoms with van der Waals surface area (Å²) in [4.78, 5) is 0. The highest BCUT2D eigenvalue weighted by Gasteiger charge is 2.52. The molecule has 89 heavy (non-hydrogen) atoms. The van der Waals surface area contributed by atoms with Gasteiger partial charge in [-0.2, -0.15) is 10.2 Å². The van der Waals surface area contributed by atoms with Crippen molar-refractivity contribution in [2.24, 2.45) is 14.1 Å². The van der Waals surface area contributed by atoms with E-state index in [1.54, 1.807) is 33.6 Å². The van der Waals surface area contributed by atoms with Crippen LogP contribution in [0, 0.1) is 17.5 Å². The van der Waals surface area contributed by atoms with Crippen LogP contribution in [0.2, 0.25) is 0 Å². The molecule has 464 valence electrons. The Kier molecular flexibility index (Phi) is 22.7. The average molecular weight is 1200 g/mol. The Morgan fingerprint density at radius 2 is 0.730 bits per heavy atom. The van der Waals surface area contributed by atoms with Gasteiger partial charge in [0.25, 0.3) is 0 Å². The first kappa shape index (κ1) is 65.3. The molecule has 0 aliphatic carbocycles. The standard InChI is InChI=1S/2C26H27FN2O.C24H32BFO3/c2*1-3-4-5-10-17-30-25-14-9-7-11-20(25)19-15-16-21(23(27)18-19)26-22-12-6-8-13-24(22)29(2)28-26;1-6-7-8-11-16-27-22-13-10-9-12-19(22)18-14-15-20(21(26)17-18)25-28-23(2,3)24(4,5)29-25/h2*6-9,11-16,18H,3-5,10,17H2,1-2H3;9-10,12-15,17H,6-8,11,16H2,1-5H3. The number of fused-ring (bicyclic) bond motifs is 2. The minimum absolute atomic E-state index is 0.283. The molecule has 0 unspecified atom stereocenters. The molecular formula is C76H86BF3N4O5. The maximum Gasteiger partial charge on any atom is 0.497 e. The summed E-state index contributed by atoms with van der Waals surface area (Å²) in [6.45, 7) is 16.5. The normalized spacial score (nSPS) is 13.2. The second kappa shape index (κ2) is 30.9. The molecule has 1 saturated heterocycles. The van der Waals surface area contributed by atoms with E-state index in [4.69, 9.17) is 23.5 Å². The van der Waals surface area contributed by atoms with Gasteiger partial charge < -0.3 is 23.5 Å². The number of hydrogen-bond donors (Lipinski definition) is 0. The zero-order valence-electron chi connectivity index (χ0n) is 53.4. The second-order valence-corrected chi connectivity index (χ2v) is 23.9. The molecule has 1 aliphatic rings. The van der Waals surface area contributed by atoms with Crippen LogP contribution < -0.4 is 19.7 Å².